The molecule has 0 aliphatic carbocycles. The second-order valence-electron chi connectivity index (χ2n) is 5.90. The Hall–Kier alpha value is -2.27. The fraction of sp³-hybridized carbons (Fsp3) is 0.300. The highest BCUT2D eigenvalue weighted by molar-refractivity contribution is 7.84. The number of aromatic nitrogens is 2. The van der Waals surface area contributed by atoms with E-state index in [1.165, 1.54) is 12.0 Å². The molecule has 0 N–H and O–H groups in total. The van der Waals surface area contributed by atoms with E-state index in [4.69, 9.17) is 4.42 Å². The zero-order chi connectivity index (χ0) is 17.3. The van der Waals surface area contributed by atoms with E-state index in [2.05, 4.69) is 34.2 Å². The molecule has 3 aromatic rings. The Morgan fingerprint density at radius 2 is 1.68 bits per heavy atom. The van der Waals surface area contributed by atoms with Crippen LogP contribution in [-0.4, -0.2) is 19.9 Å². The molecule has 2 heterocycles. The van der Waals surface area contributed by atoms with Gasteiger partial charge in [-0.3, -0.25) is 4.98 Å². The third-order valence-electron chi connectivity index (χ3n) is 3.98. The number of rotatable bonds is 9. The van der Waals surface area contributed by atoms with Gasteiger partial charge in [0.15, 0.2) is 5.76 Å². The summed E-state index contributed by atoms with van der Waals surface area (Å²) < 4.78 is 17.9. The predicted molar refractivity (Wildman–Crippen MR) is 99.6 cm³/mol. The lowest BCUT2D eigenvalue weighted by Crippen LogP contribution is -1.98. The van der Waals surface area contributed by atoms with E-state index in [0.29, 0.717) is 22.4 Å². The number of nitrogens with zero attached hydrogens (tertiary/aromatic N) is 2. The highest BCUT2D eigenvalue weighted by atomic mass is 32.2. The molecule has 1 aromatic carbocycles. The molecule has 0 saturated carbocycles. The Labute approximate surface area is 150 Å². The van der Waals surface area contributed by atoms with Crippen molar-refractivity contribution in [3.8, 4) is 11.5 Å². The standard InChI is InChI=1S/C20H22N2O2S/c23-25(15-9-2-1-4-10-17-11-5-3-6-12-17)20-22-16-19(24-20)18-13-7-8-14-21-18/h3,5-8,11-14,16H,1-2,4,9-10,15H2. The summed E-state index contributed by atoms with van der Waals surface area (Å²) in [6, 6.07) is 16.1. The fourth-order valence-corrected chi connectivity index (χ4v) is 3.63. The topological polar surface area (TPSA) is 56.0 Å². The van der Waals surface area contributed by atoms with Crippen LogP contribution in [-0.2, 0) is 17.2 Å². The van der Waals surface area contributed by atoms with Crippen molar-refractivity contribution in [1.82, 2.24) is 9.97 Å². The Morgan fingerprint density at radius 3 is 2.48 bits per heavy atom. The largest absolute Gasteiger partial charge is 0.428 e. The van der Waals surface area contributed by atoms with Crippen LogP contribution in [0.1, 0.15) is 31.2 Å². The molecule has 0 amide bonds. The monoisotopic (exact) mass is 354 g/mol. The normalized spacial score (nSPS) is 12.2. The van der Waals surface area contributed by atoms with E-state index >= 15 is 0 Å². The van der Waals surface area contributed by atoms with Gasteiger partial charge in [-0.1, -0.05) is 49.2 Å². The van der Waals surface area contributed by atoms with Crippen LogP contribution in [0.5, 0.6) is 0 Å². The van der Waals surface area contributed by atoms with Crippen LogP contribution >= 0.6 is 0 Å². The van der Waals surface area contributed by atoms with Crippen LogP contribution in [0.25, 0.3) is 11.5 Å². The van der Waals surface area contributed by atoms with Gasteiger partial charge in [-0.05, 0) is 37.0 Å². The minimum atomic E-state index is -1.18. The number of benzene rings is 1. The lowest BCUT2D eigenvalue weighted by molar-refractivity contribution is 0.454. The number of hydrogen-bond acceptors (Lipinski definition) is 4. The summed E-state index contributed by atoms with van der Waals surface area (Å²) in [6.07, 6.45) is 8.71. The van der Waals surface area contributed by atoms with Crippen LogP contribution in [0.3, 0.4) is 0 Å². The average Bonchev–Trinajstić information content (AvgIpc) is 3.16. The molecule has 1 atom stereocenters. The summed E-state index contributed by atoms with van der Waals surface area (Å²) in [4.78, 5) is 8.35. The van der Waals surface area contributed by atoms with Gasteiger partial charge in [-0.2, -0.15) is 0 Å². The molecule has 25 heavy (non-hydrogen) atoms. The Kier molecular flexibility index (Phi) is 6.51. The van der Waals surface area contributed by atoms with Crippen molar-refractivity contribution in [2.24, 2.45) is 0 Å². The van der Waals surface area contributed by atoms with E-state index < -0.39 is 10.8 Å². The van der Waals surface area contributed by atoms with Gasteiger partial charge in [0, 0.05) is 11.9 Å². The third kappa shape index (κ3) is 5.36. The number of pyridine rings is 1. The first-order chi connectivity index (χ1) is 12.3. The molecular weight excluding hydrogens is 332 g/mol. The van der Waals surface area contributed by atoms with E-state index in [0.717, 1.165) is 25.7 Å². The molecular formula is C20H22N2O2S. The van der Waals surface area contributed by atoms with Gasteiger partial charge in [0.1, 0.15) is 16.5 Å². The zero-order valence-electron chi connectivity index (χ0n) is 14.1. The van der Waals surface area contributed by atoms with Gasteiger partial charge in [0.25, 0.3) is 5.22 Å². The second-order valence-corrected chi connectivity index (χ2v) is 7.35. The maximum absolute atomic E-state index is 12.3. The average molecular weight is 354 g/mol. The van der Waals surface area contributed by atoms with E-state index in [-0.39, 0.29) is 0 Å². The Bertz CT molecular complexity index is 788. The lowest BCUT2D eigenvalue weighted by Gasteiger charge is -2.02. The molecule has 2 aromatic heterocycles. The molecule has 3 rings (SSSR count). The summed E-state index contributed by atoms with van der Waals surface area (Å²) in [5.74, 6) is 1.15. The summed E-state index contributed by atoms with van der Waals surface area (Å²) in [5.41, 5.74) is 2.09. The van der Waals surface area contributed by atoms with Gasteiger partial charge in [0.05, 0.1) is 6.20 Å². The van der Waals surface area contributed by atoms with Crippen LogP contribution in [0, 0.1) is 0 Å². The van der Waals surface area contributed by atoms with Crippen molar-refractivity contribution in [3.05, 3.63) is 66.5 Å². The first kappa shape index (κ1) is 17.5. The number of hydrogen-bond donors (Lipinski definition) is 0. The van der Waals surface area contributed by atoms with Crippen molar-refractivity contribution in [3.63, 3.8) is 0 Å². The van der Waals surface area contributed by atoms with Crippen molar-refractivity contribution < 1.29 is 8.63 Å². The number of oxazole rings is 1. The second kappa shape index (κ2) is 9.28. The maximum Gasteiger partial charge on any atom is 0.287 e. The molecule has 130 valence electrons. The summed E-state index contributed by atoms with van der Waals surface area (Å²) in [6.45, 7) is 0. The zero-order valence-corrected chi connectivity index (χ0v) is 15.0. The van der Waals surface area contributed by atoms with E-state index in [9.17, 15) is 4.21 Å². The van der Waals surface area contributed by atoms with Gasteiger partial charge < -0.3 is 4.42 Å². The van der Waals surface area contributed by atoms with Crippen molar-refractivity contribution in [1.29, 1.82) is 0 Å². The van der Waals surface area contributed by atoms with Gasteiger partial charge in [-0.15, -0.1) is 0 Å². The van der Waals surface area contributed by atoms with Gasteiger partial charge >= 0.3 is 0 Å². The molecule has 0 bridgehead atoms. The molecule has 0 radical (unpaired) electrons. The smallest absolute Gasteiger partial charge is 0.287 e. The number of aryl methyl sites for hydroxylation is 1. The van der Waals surface area contributed by atoms with E-state index in [1.54, 1.807) is 12.4 Å². The van der Waals surface area contributed by atoms with Crippen LogP contribution in [0.15, 0.2) is 70.6 Å². The Morgan fingerprint density at radius 1 is 0.880 bits per heavy atom. The Balaban J connectivity index is 1.37. The predicted octanol–water partition coefficient (Wildman–Crippen LogP) is 4.65. The summed E-state index contributed by atoms with van der Waals surface area (Å²) >= 11 is 0. The maximum atomic E-state index is 12.3. The van der Waals surface area contributed by atoms with Crippen molar-refractivity contribution >= 4 is 10.8 Å². The molecule has 4 nitrogen and oxygen atoms in total. The molecule has 0 saturated heterocycles. The lowest BCUT2D eigenvalue weighted by atomic mass is 10.1. The molecule has 1 unspecified atom stereocenters. The fourth-order valence-electron chi connectivity index (χ4n) is 2.64. The highest BCUT2D eigenvalue weighted by Gasteiger charge is 2.13. The van der Waals surface area contributed by atoms with Crippen LogP contribution < -0.4 is 0 Å². The first-order valence-electron chi connectivity index (χ1n) is 8.62. The van der Waals surface area contributed by atoms with Crippen molar-refractivity contribution in [2.45, 2.75) is 37.3 Å². The molecule has 0 aliphatic rings. The van der Waals surface area contributed by atoms with Crippen LogP contribution in [0.4, 0.5) is 0 Å². The van der Waals surface area contributed by atoms with Gasteiger partial charge in [0.2, 0.25) is 0 Å². The molecule has 0 aliphatic heterocycles. The molecule has 0 fully saturated rings. The van der Waals surface area contributed by atoms with Crippen LogP contribution in [0.2, 0.25) is 0 Å². The van der Waals surface area contributed by atoms with Gasteiger partial charge in [-0.25, -0.2) is 9.19 Å². The first-order valence-corrected chi connectivity index (χ1v) is 9.94. The number of unbranched alkanes of at least 4 members (excludes halogenated alkanes) is 3. The minimum absolute atomic E-state index is 0.296. The molecule has 5 heteroatoms. The van der Waals surface area contributed by atoms with Crippen molar-refractivity contribution in [2.75, 3.05) is 5.75 Å². The quantitative estimate of drug-likeness (QED) is 0.525. The molecule has 0 spiro atoms. The summed E-state index contributed by atoms with van der Waals surface area (Å²) in [5, 5.41) is 0.296. The van der Waals surface area contributed by atoms with E-state index in [1.807, 2.05) is 24.3 Å². The SMILES string of the molecule is O=S(CCCCCCc1ccccc1)c1ncc(-c2ccccn2)o1. The third-order valence-corrected chi connectivity index (χ3v) is 5.22. The highest BCUT2D eigenvalue weighted by Crippen LogP contribution is 2.19. The minimum Gasteiger partial charge on any atom is -0.428 e. The summed E-state index contributed by atoms with van der Waals surface area (Å²) in [7, 11) is -1.18.